The lowest BCUT2D eigenvalue weighted by Crippen LogP contribution is -2.00. The Balaban J connectivity index is 2.56. The Hall–Kier alpha value is -2.23. The molecule has 0 amide bonds. The molecule has 0 saturated carbocycles. The highest BCUT2D eigenvalue weighted by Crippen LogP contribution is 2.31. The second-order valence-corrected chi connectivity index (χ2v) is 4.23. The third-order valence-corrected chi connectivity index (χ3v) is 3.11. The highest BCUT2D eigenvalue weighted by molar-refractivity contribution is 5.89. The lowest BCUT2D eigenvalue weighted by molar-refractivity contribution is -0.136. The van der Waals surface area contributed by atoms with Crippen LogP contribution < -0.4 is 9.47 Å². The van der Waals surface area contributed by atoms with Gasteiger partial charge in [-0.25, -0.2) is 0 Å². The van der Waals surface area contributed by atoms with Crippen LogP contribution in [0.25, 0.3) is 10.8 Å². The van der Waals surface area contributed by atoms with Crippen LogP contribution in [0.15, 0.2) is 30.3 Å². The maximum absolute atomic E-state index is 10.8. The molecule has 100 valence electrons. The standard InChI is InChI=1S/C15H16O4/c1-18-11-5-3-10-4-7-14(19-2)12(13(10)9-11)6-8-15(16)17/h3-5,7,9H,6,8H2,1-2H3,(H,16,17). The van der Waals surface area contributed by atoms with Gasteiger partial charge in [-0.2, -0.15) is 0 Å². The molecule has 0 aliphatic heterocycles. The molecule has 0 spiro atoms. The van der Waals surface area contributed by atoms with Gasteiger partial charge < -0.3 is 14.6 Å². The molecule has 0 atom stereocenters. The number of methoxy groups -OCH3 is 2. The Morgan fingerprint density at radius 1 is 1.16 bits per heavy atom. The van der Waals surface area contributed by atoms with Gasteiger partial charge in [0.15, 0.2) is 0 Å². The van der Waals surface area contributed by atoms with E-state index in [4.69, 9.17) is 14.6 Å². The van der Waals surface area contributed by atoms with E-state index >= 15 is 0 Å². The van der Waals surface area contributed by atoms with E-state index in [1.807, 2.05) is 30.3 Å². The number of hydrogen-bond acceptors (Lipinski definition) is 3. The quantitative estimate of drug-likeness (QED) is 0.898. The fraction of sp³-hybridized carbons (Fsp3) is 0.267. The second-order valence-electron chi connectivity index (χ2n) is 4.23. The summed E-state index contributed by atoms with van der Waals surface area (Å²) in [4.78, 5) is 10.8. The molecule has 4 heteroatoms. The molecule has 0 bridgehead atoms. The molecule has 2 aromatic rings. The van der Waals surface area contributed by atoms with Gasteiger partial charge >= 0.3 is 5.97 Å². The van der Waals surface area contributed by atoms with Crippen LogP contribution in [0.2, 0.25) is 0 Å². The molecule has 0 aliphatic rings. The first-order valence-corrected chi connectivity index (χ1v) is 6.01. The van der Waals surface area contributed by atoms with Gasteiger partial charge in [-0.1, -0.05) is 12.1 Å². The van der Waals surface area contributed by atoms with Crippen molar-refractivity contribution < 1.29 is 19.4 Å². The van der Waals surface area contributed by atoms with Gasteiger partial charge in [-0.15, -0.1) is 0 Å². The second kappa shape index (κ2) is 5.61. The zero-order valence-electron chi connectivity index (χ0n) is 11.0. The number of carboxylic acid groups (broad SMARTS) is 1. The van der Waals surface area contributed by atoms with Crippen molar-refractivity contribution in [2.24, 2.45) is 0 Å². The van der Waals surface area contributed by atoms with Gasteiger partial charge in [-0.3, -0.25) is 4.79 Å². The number of carbonyl (C=O) groups is 1. The lowest BCUT2D eigenvalue weighted by Gasteiger charge is -2.12. The zero-order chi connectivity index (χ0) is 13.8. The van der Waals surface area contributed by atoms with Crippen molar-refractivity contribution in [3.8, 4) is 11.5 Å². The minimum atomic E-state index is -0.818. The molecule has 1 N–H and O–H groups in total. The number of fused-ring (bicyclic) bond motifs is 1. The first-order chi connectivity index (χ1) is 9.15. The first-order valence-electron chi connectivity index (χ1n) is 6.01. The number of hydrogen-bond donors (Lipinski definition) is 1. The van der Waals surface area contributed by atoms with Gasteiger partial charge in [0.25, 0.3) is 0 Å². The number of carboxylic acids is 1. The SMILES string of the molecule is COc1ccc2ccc(OC)c(CCC(=O)O)c2c1. The Labute approximate surface area is 111 Å². The minimum absolute atomic E-state index is 0.0761. The van der Waals surface area contributed by atoms with Gasteiger partial charge in [0.05, 0.1) is 14.2 Å². The number of aryl methyl sites for hydroxylation is 1. The molecule has 0 fully saturated rings. The van der Waals surface area contributed by atoms with Crippen LogP contribution in [0.4, 0.5) is 0 Å². The zero-order valence-corrected chi connectivity index (χ0v) is 11.0. The molecule has 0 radical (unpaired) electrons. The van der Waals surface area contributed by atoms with E-state index in [-0.39, 0.29) is 6.42 Å². The Morgan fingerprint density at radius 3 is 2.53 bits per heavy atom. The van der Waals surface area contributed by atoms with E-state index in [1.54, 1.807) is 14.2 Å². The van der Waals surface area contributed by atoms with Gasteiger partial charge in [0, 0.05) is 12.0 Å². The Morgan fingerprint density at radius 2 is 1.89 bits per heavy atom. The maximum atomic E-state index is 10.8. The van der Waals surface area contributed by atoms with Crippen molar-refractivity contribution in [2.75, 3.05) is 14.2 Å². The third kappa shape index (κ3) is 2.78. The predicted octanol–water partition coefficient (Wildman–Crippen LogP) is 2.87. The largest absolute Gasteiger partial charge is 0.497 e. The summed E-state index contributed by atoms with van der Waals surface area (Å²) in [6.07, 6.45) is 0.510. The number of rotatable bonds is 5. The monoisotopic (exact) mass is 260 g/mol. The van der Waals surface area contributed by atoms with Crippen LogP contribution in [0.5, 0.6) is 11.5 Å². The van der Waals surface area contributed by atoms with E-state index in [0.29, 0.717) is 12.2 Å². The Bertz CT molecular complexity index is 599. The third-order valence-electron chi connectivity index (χ3n) is 3.11. The summed E-state index contributed by atoms with van der Waals surface area (Å²) in [5.41, 5.74) is 0.904. The normalized spacial score (nSPS) is 10.4. The summed E-state index contributed by atoms with van der Waals surface area (Å²) >= 11 is 0. The highest BCUT2D eigenvalue weighted by Gasteiger charge is 2.11. The average molecular weight is 260 g/mol. The maximum Gasteiger partial charge on any atom is 0.303 e. The fourth-order valence-corrected chi connectivity index (χ4v) is 2.15. The van der Waals surface area contributed by atoms with Gasteiger partial charge in [0.2, 0.25) is 0 Å². The van der Waals surface area contributed by atoms with Crippen LogP contribution in [-0.4, -0.2) is 25.3 Å². The van der Waals surface area contributed by atoms with E-state index < -0.39 is 5.97 Å². The van der Waals surface area contributed by atoms with Crippen molar-refractivity contribution in [3.05, 3.63) is 35.9 Å². The lowest BCUT2D eigenvalue weighted by atomic mass is 9.99. The Kier molecular flexibility index (Phi) is 3.90. The van der Waals surface area contributed by atoms with E-state index in [9.17, 15) is 4.79 Å². The van der Waals surface area contributed by atoms with Crippen LogP contribution in [0.3, 0.4) is 0 Å². The summed E-state index contributed by atoms with van der Waals surface area (Å²) in [6, 6.07) is 9.58. The predicted molar refractivity (Wildman–Crippen MR) is 73.0 cm³/mol. The summed E-state index contributed by atoms with van der Waals surface area (Å²) < 4.78 is 10.5. The number of benzene rings is 2. The van der Waals surface area contributed by atoms with Gasteiger partial charge in [-0.05, 0) is 35.4 Å². The van der Waals surface area contributed by atoms with E-state index in [2.05, 4.69) is 0 Å². The molecule has 4 nitrogen and oxygen atoms in total. The van der Waals surface area contributed by atoms with Crippen molar-refractivity contribution in [1.82, 2.24) is 0 Å². The molecule has 0 aromatic heterocycles. The number of ether oxygens (including phenoxy) is 2. The summed E-state index contributed by atoms with van der Waals surface area (Å²) in [5.74, 6) is 0.640. The molecular formula is C15H16O4. The molecule has 0 aliphatic carbocycles. The van der Waals surface area contributed by atoms with Crippen LogP contribution >= 0.6 is 0 Å². The highest BCUT2D eigenvalue weighted by atomic mass is 16.5. The van der Waals surface area contributed by atoms with Crippen molar-refractivity contribution >= 4 is 16.7 Å². The van der Waals surface area contributed by atoms with Crippen LogP contribution in [0.1, 0.15) is 12.0 Å². The van der Waals surface area contributed by atoms with Crippen molar-refractivity contribution in [3.63, 3.8) is 0 Å². The molecule has 2 aromatic carbocycles. The van der Waals surface area contributed by atoms with E-state index in [1.165, 1.54) is 0 Å². The fourth-order valence-electron chi connectivity index (χ4n) is 2.15. The molecule has 0 unspecified atom stereocenters. The average Bonchev–Trinajstić information content (AvgIpc) is 2.43. The van der Waals surface area contributed by atoms with Crippen LogP contribution in [0, 0.1) is 0 Å². The first kappa shape index (κ1) is 13.2. The molecule has 0 saturated heterocycles. The summed E-state index contributed by atoms with van der Waals surface area (Å²) in [6.45, 7) is 0. The van der Waals surface area contributed by atoms with E-state index in [0.717, 1.165) is 22.1 Å². The smallest absolute Gasteiger partial charge is 0.303 e. The summed E-state index contributed by atoms with van der Waals surface area (Å²) in [7, 11) is 3.20. The topological polar surface area (TPSA) is 55.8 Å². The van der Waals surface area contributed by atoms with Crippen molar-refractivity contribution in [1.29, 1.82) is 0 Å². The molecule has 2 rings (SSSR count). The molecular weight excluding hydrogens is 244 g/mol. The molecule has 0 heterocycles. The van der Waals surface area contributed by atoms with Gasteiger partial charge in [0.1, 0.15) is 11.5 Å². The van der Waals surface area contributed by atoms with Crippen LogP contribution in [-0.2, 0) is 11.2 Å². The van der Waals surface area contributed by atoms with Crippen molar-refractivity contribution in [2.45, 2.75) is 12.8 Å². The number of aliphatic carboxylic acids is 1. The minimum Gasteiger partial charge on any atom is -0.497 e. The summed E-state index contributed by atoms with van der Waals surface area (Å²) in [5, 5.41) is 10.9. The molecule has 19 heavy (non-hydrogen) atoms.